The second kappa shape index (κ2) is 8.92. The zero-order valence-corrected chi connectivity index (χ0v) is 18.1. The van der Waals surface area contributed by atoms with E-state index in [0.29, 0.717) is 11.4 Å². The van der Waals surface area contributed by atoms with E-state index in [1.165, 1.54) is 0 Å². The highest BCUT2D eigenvalue weighted by Gasteiger charge is 2.47. The molecule has 0 aliphatic carbocycles. The lowest BCUT2D eigenvalue weighted by molar-refractivity contribution is -0.0535. The van der Waals surface area contributed by atoms with Gasteiger partial charge in [-0.2, -0.15) is 13.2 Å². The van der Waals surface area contributed by atoms with Gasteiger partial charge in [-0.05, 0) is 0 Å². The van der Waals surface area contributed by atoms with Crippen LogP contribution in [0.2, 0.25) is 0 Å². The van der Waals surface area contributed by atoms with E-state index in [4.69, 9.17) is 30.0 Å². The maximum absolute atomic E-state index is 12.4. The highest BCUT2D eigenvalue weighted by Crippen LogP contribution is 2.68. The van der Waals surface area contributed by atoms with Crippen molar-refractivity contribution in [3.63, 3.8) is 0 Å². The summed E-state index contributed by atoms with van der Waals surface area (Å²) in [5, 5.41) is 29.6. The van der Waals surface area contributed by atoms with Gasteiger partial charge >= 0.3 is 23.5 Å². The molecular formula is C10H18N5O14P3. The fraction of sp³-hybridized carbons (Fsp3) is 0.600. The molecular weight excluding hydrogens is 507 g/mol. The normalized spacial score (nSPS) is 28.9. The molecule has 0 spiro atoms. The Kier molecular flexibility index (Phi) is 7.11. The molecule has 22 heteroatoms. The molecule has 32 heavy (non-hydrogen) atoms. The predicted octanol–water partition coefficient (Wildman–Crippen LogP) is -2.31. The number of hydrogen-bond acceptors (Lipinski definition) is 14. The summed E-state index contributed by atoms with van der Waals surface area (Å²) < 4.78 is 53.1. The molecule has 1 saturated heterocycles. The third-order valence-electron chi connectivity index (χ3n) is 4.04. The largest absolute Gasteiger partial charge is 0.514 e. The van der Waals surface area contributed by atoms with Crippen LogP contribution in [0.25, 0.3) is 0 Å². The number of aliphatic hydroxyl groups is 3. The Balaban J connectivity index is 1.86. The van der Waals surface area contributed by atoms with Crippen LogP contribution in [0, 0.1) is 0 Å². The number of aliphatic hydroxyl groups excluding tert-OH is 3. The molecule has 19 nitrogen and oxygen atoms in total. The zero-order chi connectivity index (χ0) is 24.1. The van der Waals surface area contributed by atoms with Gasteiger partial charge in [0.15, 0.2) is 18.2 Å². The first-order chi connectivity index (χ1) is 14.6. The summed E-state index contributed by atoms with van der Waals surface area (Å²) in [6.45, 7) is -0.593. The van der Waals surface area contributed by atoms with Crippen molar-refractivity contribution in [1.82, 2.24) is 14.6 Å². The average molecular weight is 525 g/mol. The Bertz CT molecular complexity index is 993. The third kappa shape index (κ3) is 5.51. The highest BCUT2D eigenvalue weighted by atomic mass is 31.3. The van der Waals surface area contributed by atoms with Crippen molar-refractivity contribution in [3.8, 4) is 0 Å². The van der Waals surface area contributed by atoms with Gasteiger partial charge in [0.25, 0.3) is 0 Å². The summed E-state index contributed by atoms with van der Waals surface area (Å²) in [6.07, 6.45) is -5.03. The lowest BCUT2D eigenvalue weighted by atomic mass is 10.1. The number of imidazole rings is 1. The molecule has 9 N–H and O–H groups in total. The Labute approximate surface area is 177 Å². The van der Waals surface area contributed by atoms with Crippen LogP contribution in [0.1, 0.15) is 18.1 Å². The van der Waals surface area contributed by atoms with Crippen molar-refractivity contribution in [2.45, 2.75) is 30.7 Å². The van der Waals surface area contributed by atoms with Crippen molar-refractivity contribution in [2.75, 3.05) is 6.61 Å². The number of aromatic nitrogens is 2. The van der Waals surface area contributed by atoms with Gasteiger partial charge < -0.3 is 45.4 Å². The van der Waals surface area contributed by atoms with Crippen molar-refractivity contribution >= 4 is 35.6 Å². The van der Waals surface area contributed by atoms with E-state index in [-0.39, 0.29) is 11.5 Å². The van der Waals surface area contributed by atoms with E-state index >= 15 is 0 Å². The minimum absolute atomic E-state index is 0.0613. The van der Waals surface area contributed by atoms with Gasteiger partial charge in [0.05, 0.1) is 12.9 Å². The topological polar surface area (TPSA) is 289 Å². The molecule has 5 atom stereocenters. The smallest absolute Gasteiger partial charge is 0.394 e. The first-order valence-corrected chi connectivity index (χ1v) is 12.8. The Hall–Kier alpha value is -1.11. The first-order valence-electron chi connectivity index (χ1n) is 8.25. The highest BCUT2D eigenvalue weighted by molar-refractivity contribution is 7.66. The number of rotatable bonds is 8. The van der Waals surface area contributed by atoms with E-state index in [1.807, 2.05) is 0 Å². The molecule has 0 saturated carbocycles. The van der Waals surface area contributed by atoms with Crippen LogP contribution in [0.3, 0.4) is 0 Å². The number of hydrogen-bond donors (Lipinski definition) is 8. The van der Waals surface area contributed by atoms with Crippen LogP contribution in [-0.4, -0.2) is 80.8 Å². The molecule has 2 aliphatic rings. The standard InChI is InChI=1S/C10H18N5O14P3/c11-8-5-9(14(2-12-5)10-7(18)6(17)4(1-16)26-10)13-3-15(8)27-32(25,28-30(19,20)21)29-31(22,23)24/h2-4,6-8,10,16-18H,1,11H2,(H2,19,20,21)(H2,22,23,24)/t4-,6?,7?,8?,10-/m1/s1. The van der Waals surface area contributed by atoms with E-state index < -0.39 is 60.8 Å². The lowest BCUT2D eigenvalue weighted by Crippen LogP contribution is -2.36. The van der Waals surface area contributed by atoms with Crippen LogP contribution in [0.4, 0.5) is 5.82 Å². The van der Waals surface area contributed by atoms with Gasteiger partial charge in [0, 0.05) is 0 Å². The van der Waals surface area contributed by atoms with Crippen LogP contribution in [-0.2, 0) is 31.7 Å². The van der Waals surface area contributed by atoms with Gasteiger partial charge in [0.1, 0.15) is 30.3 Å². The predicted molar refractivity (Wildman–Crippen MR) is 97.1 cm³/mol. The second-order valence-electron chi connectivity index (χ2n) is 6.31. The minimum atomic E-state index is -5.66. The Morgan fingerprint density at radius 2 is 1.69 bits per heavy atom. The molecule has 182 valence electrons. The van der Waals surface area contributed by atoms with E-state index in [1.54, 1.807) is 0 Å². The number of ether oxygens (including phenoxy) is 1. The summed E-state index contributed by atoms with van der Waals surface area (Å²) in [7, 11) is -16.9. The van der Waals surface area contributed by atoms with Crippen molar-refractivity contribution in [2.24, 2.45) is 10.7 Å². The number of nitrogens with zero attached hydrogens (tertiary/aromatic N) is 4. The van der Waals surface area contributed by atoms with Gasteiger partial charge in [-0.1, -0.05) is 0 Å². The van der Waals surface area contributed by atoms with Crippen LogP contribution < -0.4 is 5.73 Å². The summed E-state index contributed by atoms with van der Waals surface area (Å²) in [5.41, 5.74) is 5.72. The number of nitrogens with two attached hydrogens (primary N) is 1. The van der Waals surface area contributed by atoms with Crippen molar-refractivity contribution in [1.29, 1.82) is 0 Å². The maximum atomic E-state index is 12.4. The van der Waals surface area contributed by atoms with E-state index in [0.717, 1.165) is 10.9 Å². The minimum Gasteiger partial charge on any atom is -0.394 e. The lowest BCUT2D eigenvalue weighted by Gasteiger charge is -2.30. The summed E-state index contributed by atoms with van der Waals surface area (Å²) >= 11 is 0. The summed E-state index contributed by atoms with van der Waals surface area (Å²) in [6, 6.07) is 0. The molecule has 3 heterocycles. The third-order valence-corrected chi connectivity index (χ3v) is 7.73. The monoisotopic (exact) mass is 525 g/mol. The molecule has 0 radical (unpaired) electrons. The maximum Gasteiger partial charge on any atom is 0.514 e. The SMILES string of the molecule is NC1c2ncn([C@@H]3O[C@H](CO)C(O)C3O)c2N=CN1OP(=O)(OP(=O)(O)O)OP(=O)(O)O. The van der Waals surface area contributed by atoms with E-state index in [2.05, 4.69) is 23.2 Å². The zero-order valence-electron chi connectivity index (χ0n) is 15.4. The van der Waals surface area contributed by atoms with Crippen LogP contribution >= 0.6 is 23.5 Å². The molecule has 0 aromatic carbocycles. The molecule has 2 aliphatic heterocycles. The fourth-order valence-electron chi connectivity index (χ4n) is 2.80. The van der Waals surface area contributed by atoms with Crippen molar-refractivity contribution in [3.05, 3.63) is 12.0 Å². The van der Waals surface area contributed by atoms with Crippen molar-refractivity contribution < 1.29 is 66.6 Å². The molecule has 0 bridgehead atoms. The summed E-state index contributed by atoms with van der Waals surface area (Å²) in [5.74, 6) is -0.0613. The molecule has 3 rings (SSSR count). The van der Waals surface area contributed by atoms with Gasteiger partial charge in [-0.15, -0.1) is 0 Å². The average Bonchev–Trinajstić information content (AvgIpc) is 3.16. The Morgan fingerprint density at radius 1 is 1.09 bits per heavy atom. The molecule has 3 unspecified atom stereocenters. The molecule has 1 fully saturated rings. The Morgan fingerprint density at radius 3 is 2.19 bits per heavy atom. The van der Waals surface area contributed by atoms with E-state index in [9.17, 15) is 29.0 Å². The number of aliphatic imine (C=N–C) groups is 1. The van der Waals surface area contributed by atoms with Gasteiger partial charge in [-0.25, -0.2) is 28.7 Å². The van der Waals surface area contributed by atoms with Crippen LogP contribution in [0.5, 0.6) is 0 Å². The van der Waals surface area contributed by atoms with Crippen LogP contribution in [0.15, 0.2) is 11.3 Å². The van der Waals surface area contributed by atoms with Gasteiger partial charge in [0.2, 0.25) is 0 Å². The number of fused-ring (bicyclic) bond motifs is 1. The fourth-order valence-corrected chi connectivity index (χ4v) is 5.89. The molecule has 1 aromatic heterocycles. The first kappa shape index (κ1) is 25.5. The molecule has 1 aromatic rings. The molecule has 0 amide bonds. The summed E-state index contributed by atoms with van der Waals surface area (Å²) in [4.78, 5) is 43.1. The quantitative estimate of drug-likeness (QED) is 0.165. The number of phosphoric acid groups is 3. The van der Waals surface area contributed by atoms with Gasteiger partial charge in [-0.3, -0.25) is 4.57 Å². The number of hydroxylamine groups is 2. The second-order valence-corrected chi connectivity index (χ2v) is 10.6.